The van der Waals surface area contributed by atoms with Crippen LogP contribution in [0.3, 0.4) is 0 Å². The van der Waals surface area contributed by atoms with Gasteiger partial charge in [-0.3, -0.25) is 10.1 Å². The van der Waals surface area contributed by atoms with Gasteiger partial charge in [-0.1, -0.05) is 34.4 Å². The summed E-state index contributed by atoms with van der Waals surface area (Å²) in [4.78, 5) is 20.4. The molecule has 0 bridgehead atoms. The van der Waals surface area contributed by atoms with Gasteiger partial charge in [-0.05, 0) is 25.1 Å². The molecular formula is C15H10Cl2N4O2. The summed E-state index contributed by atoms with van der Waals surface area (Å²) in [5, 5.41) is 7.25. The van der Waals surface area contributed by atoms with Crippen molar-refractivity contribution in [3.05, 3.63) is 58.0 Å². The van der Waals surface area contributed by atoms with Crippen molar-refractivity contribution in [1.29, 1.82) is 0 Å². The van der Waals surface area contributed by atoms with E-state index < -0.39 is 5.91 Å². The molecule has 6 nitrogen and oxygen atoms in total. The molecule has 23 heavy (non-hydrogen) atoms. The third kappa shape index (κ3) is 3.04. The molecule has 3 rings (SSSR count). The second-order valence-electron chi connectivity index (χ2n) is 4.59. The maximum absolute atomic E-state index is 12.5. The fourth-order valence-electron chi connectivity index (χ4n) is 2.06. The quantitative estimate of drug-likeness (QED) is 0.773. The first kappa shape index (κ1) is 15.5. The van der Waals surface area contributed by atoms with Gasteiger partial charge in [-0.2, -0.15) is 0 Å². The van der Waals surface area contributed by atoms with E-state index in [9.17, 15) is 4.79 Å². The average molecular weight is 349 g/mol. The van der Waals surface area contributed by atoms with Crippen molar-refractivity contribution in [3.63, 3.8) is 0 Å². The van der Waals surface area contributed by atoms with E-state index in [1.807, 2.05) is 0 Å². The van der Waals surface area contributed by atoms with E-state index in [1.165, 1.54) is 12.4 Å². The zero-order chi connectivity index (χ0) is 16.4. The molecule has 8 heteroatoms. The lowest BCUT2D eigenvalue weighted by atomic mass is 10.1. The van der Waals surface area contributed by atoms with Crippen LogP contribution < -0.4 is 5.32 Å². The molecule has 2 heterocycles. The summed E-state index contributed by atoms with van der Waals surface area (Å²) in [5.41, 5.74) is 0.936. The molecule has 3 aromatic rings. The minimum atomic E-state index is -0.457. The highest BCUT2D eigenvalue weighted by atomic mass is 35.5. The molecular weight excluding hydrogens is 339 g/mol. The summed E-state index contributed by atoms with van der Waals surface area (Å²) in [5.74, 6) is 0.0552. The Labute approximate surface area is 141 Å². The number of carbonyl (C=O) groups excluding carboxylic acids is 1. The molecule has 0 spiro atoms. The van der Waals surface area contributed by atoms with Crippen LogP contribution >= 0.6 is 23.2 Å². The van der Waals surface area contributed by atoms with Crippen LogP contribution in [0, 0.1) is 6.92 Å². The van der Waals surface area contributed by atoms with Crippen LogP contribution in [0.4, 0.5) is 5.95 Å². The SMILES string of the molecule is Cc1onc(-c2c(Cl)cccc2Cl)c1C(=O)Nc1ncccn1. The van der Waals surface area contributed by atoms with E-state index >= 15 is 0 Å². The van der Waals surface area contributed by atoms with Gasteiger partial charge in [-0.25, -0.2) is 9.97 Å². The van der Waals surface area contributed by atoms with Gasteiger partial charge in [0.2, 0.25) is 5.95 Å². The number of nitrogens with zero attached hydrogens (tertiary/aromatic N) is 3. The molecule has 0 saturated heterocycles. The Bertz CT molecular complexity index is 845. The van der Waals surface area contributed by atoms with Gasteiger partial charge in [0.1, 0.15) is 17.0 Å². The molecule has 1 N–H and O–H groups in total. The van der Waals surface area contributed by atoms with Crippen LogP contribution in [0.5, 0.6) is 0 Å². The van der Waals surface area contributed by atoms with Crippen LogP contribution in [-0.4, -0.2) is 21.0 Å². The van der Waals surface area contributed by atoms with E-state index in [1.54, 1.807) is 31.2 Å². The number of nitrogens with one attached hydrogen (secondary N) is 1. The Balaban J connectivity index is 2.04. The van der Waals surface area contributed by atoms with E-state index in [0.717, 1.165) is 0 Å². The van der Waals surface area contributed by atoms with E-state index in [0.29, 0.717) is 21.4 Å². The third-order valence-electron chi connectivity index (χ3n) is 3.08. The van der Waals surface area contributed by atoms with Gasteiger partial charge < -0.3 is 4.52 Å². The lowest BCUT2D eigenvalue weighted by Gasteiger charge is -2.06. The molecule has 0 radical (unpaired) electrons. The molecule has 2 aromatic heterocycles. The van der Waals surface area contributed by atoms with E-state index in [4.69, 9.17) is 27.7 Å². The highest BCUT2D eigenvalue weighted by molar-refractivity contribution is 6.39. The number of hydrogen-bond acceptors (Lipinski definition) is 5. The van der Waals surface area contributed by atoms with Crippen LogP contribution in [-0.2, 0) is 0 Å². The number of benzene rings is 1. The summed E-state index contributed by atoms with van der Waals surface area (Å²) in [6, 6.07) is 6.68. The maximum Gasteiger partial charge on any atom is 0.263 e. The predicted molar refractivity (Wildman–Crippen MR) is 86.7 cm³/mol. The summed E-state index contributed by atoms with van der Waals surface area (Å²) in [6.45, 7) is 1.63. The Kier molecular flexibility index (Phi) is 4.27. The number of hydrogen-bond donors (Lipinski definition) is 1. The van der Waals surface area contributed by atoms with E-state index in [-0.39, 0.29) is 17.2 Å². The molecule has 0 atom stereocenters. The van der Waals surface area contributed by atoms with Crippen LogP contribution in [0.2, 0.25) is 10.0 Å². The molecule has 1 amide bonds. The lowest BCUT2D eigenvalue weighted by Crippen LogP contribution is -2.15. The average Bonchev–Trinajstić information content (AvgIpc) is 2.90. The van der Waals surface area contributed by atoms with Crippen LogP contribution in [0.25, 0.3) is 11.3 Å². The second kappa shape index (κ2) is 6.36. The fraction of sp³-hybridized carbons (Fsp3) is 0.0667. The van der Waals surface area contributed by atoms with Gasteiger partial charge in [0.15, 0.2) is 0 Å². The molecule has 0 aliphatic carbocycles. The molecule has 0 aliphatic heterocycles. The number of aryl methyl sites for hydroxylation is 1. The van der Waals surface area contributed by atoms with Crippen molar-refractivity contribution in [2.24, 2.45) is 0 Å². The van der Waals surface area contributed by atoms with Crippen LogP contribution in [0.15, 0.2) is 41.2 Å². The Hall–Kier alpha value is -2.44. The normalized spacial score (nSPS) is 10.6. The summed E-state index contributed by atoms with van der Waals surface area (Å²) < 4.78 is 5.15. The first-order valence-corrected chi connectivity index (χ1v) is 7.32. The highest BCUT2D eigenvalue weighted by Crippen LogP contribution is 2.36. The Morgan fingerprint density at radius 2 is 1.78 bits per heavy atom. The monoisotopic (exact) mass is 348 g/mol. The molecule has 0 saturated carbocycles. The van der Waals surface area contributed by atoms with Crippen molar-refractivity contribution in [2.75, 3.05) is 5.32 Å². The first-order valence-electron chi connectivity index (χ1n) is 6.57. The van der Waals surface area contributed by atoms with Gasteiger partial charge in [0, 0.05) is 18.0 Å². The minimum absolute atomic E-state index is 0.175. The van der Waals surface area contributed by atoms with Crippen molar-refractivity contribution in [1.82, 2.24) is 15.1 Å². The largest absolute Gasteiger partial charge is 0.360 e. The van der Waals surface area contributed by atoms with Crippen molar-refractivity contribution < 1.29 is 9.32 Å². The lowest BCUT2D eigenvalue weighted by molar-refractivity contribution is 0.102. The summed E-state index contributed by atoms with van der Waals surface area (Å²) in [7, 11) is 0. The molecule has 0 fully saturated rings. The van der Waals surface area contributed by atoms with Crippen molar-refractivity contribution >= 4 is 35.1 Å². The van der Waals surface area contributed by atoms with Crippen molar-refractivity contribution in [3.8, 4) is 11.3 Å². The van der Waals surface area contributed by atoms with Gasteiger partial charge >= 0.3 is 0 Å². The number of halogens is 2. The van der Waals surface area contributed by atoms with Crippen LogP contribution in [0.1, 0.15) is 16.1 Å². The smallest absolute Gasteiger partial charge is 0.263 e. The molecule has 0 unspecified atom stereocenters. The van der Waals surface area contributed by atoms with Gasteiger partial charge in [-0.15, -0.1) is 0 Å². The third-order valence-corrected chi connectivity index (χ3v) is 3.71. The number of rotatable bonds is 3. The molecule has 0 aliphatic rings. The second-order valence-corrected chi connectivity index (χ2v) is 5.40. The van der Waals surface area contributed by atoms with Gasteiger partial charge in [0.25, 0.3) is 5.91 Å². The van der Waals surface area contributed by atoms with Crippen molar-refractivity contribution in [2.45, 2.75) is 6.92 Å². The Morgan fingerprint density at radius 1 is 1.13 bits per heavy atom. The van der Waals surface area contributed by atoms with Gasteiger partial charge in [0.05, 0.1) is 10.0 Å². The number of aromatic nitrogens is 3. The highest BCUT2D eigenvalue weighted by Gasteiger charge is 2.25. The topological polar surface area (TPSA) is 80.9 Å². The zero-order valence-electron chi connectivity index (χ0n) is 11.9. The zero-order valence-corrected chi connectivity index (χ0v) is 13.4. The summed E-state index contributed by atoms with van der Waals surface area (Å²) in [6.07, 6.45) is 3.05. The maximum atomic E-state index is 12.5. The number of anilines is 1. The number of amides is 1. The molecule has 1 aromatic carbocycles. The molecule has 116 valence electrons. The Morgan fingerprint density at radius 3 is 2.43 bits per heavy atom. The fourth-order valence-corrected chi connectivity index (χ4v) is 2.64. The minimum Gasteiger partial charge on any atom is -0.360 e. The first-order chi connectivity index (χ1) is 11.1. The standard InChI is InChI=1S/C15H10Cl2N4O2/c1-8-11(14(22)20-15-18-6-3-7-19-15)13(21-23-8)12-9(16)4-2-5-10(12)17/h2-7H,1H3,(H,18,19,20,22). The summed E-state index contributed by atoms with van der Waals surface area (Å²) >= 11 is 12.4. The van der Waals surface area contributed by atoms with E-state index in [2.05, 4.69) is 20.4 Å². The number of carbonyl (C=O) groups is 1. The predicted octanol–water partition coefficient (Wildman–Crippen LogP) is 4.00.